The highest BCUT2D eigenvalue weighted by Gasteiger charge is 2.20. The highest BCUT2D eigenvalue weighted by atomic mass is 32.2. The van der Waals surface area contributed by atoms with Crippen LogP contribution in [0.4, 0.5) is 10.1 Å². The molecule has 0 aromatic heterocycles. The lowest BCUT2D eigenvalue weighted by molar-refractivity contribution is -0.116. The van der Waals surface area contributed by atoms with E-state index in [1.807, 2.05) is 0 Å². The van der Waals surface area contributed by atoms with Crippen LogP contribution in [0.25, 0.3) is 0 Å². The Morgan fingerprint density at radius 3 is 2.35 bits per heavy atom. The molecule has 6 nitrogen and oxygen atoms in total. The van der Waals surface area contributed by atoms with E-state index in [0.717, 1.165) is 10.6 Å². The first-order chi connectivity index (χ1) is 12.1. The summed E-state index contributed by atoms with van der Waals surface area (Å²) in [6.45, 7) is 0.954. The predicted octanol–water partition coefficient (Wildman–Crippen LogP) is 2.43. The summed E-state index contributed by atoms with van der Waals surface area (Å²) in [6.07, 6.45) is 1.00. The summed E-state index contributed by atoms with van der Waals surface area (Å²) in [5.41, 5.74) is 1.40. The first-order valence-corrected chi connectivity index (χ1v) is 9.60. The van der Waals surface area contributed by atoms with Crippen molar-refractivity contribution in [3.8, 4) is 0 Å². The molecule has 2 rings (SSSR count). The van der Waals surface area contributed by atoms with Gasteiger partial charge in [0.2, 0.25) is 15.9 Å². The third-order valence-corrected chi connectivity index (χ3v) is 4.81. The molecule has 0 aliphatic heterocycles. The summed E-state index contributed by atoms with van der Waals surface area (Å²) in [7, 11) is -3.66. The molecule has 2 aromatic rings. The van der Waals surface area contributed by atoms with Crippen LogP contribution >= 0.6 is 0 Å². The van der Waals surface area contributed by atoms with E-state index in [1.165, 1.54) is 37.3 Å². The number of halogens is 1. The van der Waals surface area contributed by atoms with Crippen molar-refractivity contribution in [2.75, 3.05) is 18.1 Å². The molecule has 0 heterocycles. The SMILES string of the molecule is CC(=O)c1cccc(NC(=O)CN(Cc2ccc(F)cc2)S(C)(=O)=O)c1. The van der Waals surface area contributed by atoms with E-state index in [1.54, 1.807) is 18.2 Å². The van der Waals surface area contributed by atoms with Crippen LogP contribution < -0.4 is 5.32 Å². The second-order valence-electron chi connectivity index (χ2n) is 5.84. The van der Waals surface area contributed by atoms with Crippen LogP contribution in [0.3, 0.4) is 0 Å². The van der Waals surface area contributed by atoms with Crippen molar-refractivity contribution in [3.63, 3.8) is 0 Å². The lowest BCUT2D eigenvalue weighted by Crippen LogP contribution is -2.36. The number of carbonyl (C=O) groups is 2. The van der Waals surface area contributed by atoms with E-state index in [-0.39, 0.29) is 12.3 Å². The summed E-state index contributed by atoms with van der Waals surface area (Å²) >= 11 is 0. The van der Waals surface area contributed by atoms with Gasteiger partial charge in [0.05, 0.1) is 12.8 Å². The number of anilines is 1. The van der Waals surface area contributed by atoms with Crippen molar-refractivity contribution in [3.05, 3.63) is 65.5 Å². The number of hydrogen-bond donors (Lipinski definition) is 1. The molecule has 0 bridgehead atoms. The zero-order valence-electron chi connectivity index (χ0n) is 14.4. The Hall–Kier alpha value is -2.58. The standard InChI is InChI=1S/C18H19FN2O4S/c1-13(22)15-4-3-5-17(10-15)20-18(23)12-21(26(2,24)25)11-14-6-8-16(19)9-7-14/h3-10H,11-12H2,1-2H3,(H,20,23). The maximum Gasteiger partial charge on any atom is 0.239 e. The lowest BCUT2D eigenvalue weighted by atomic mass is 10.1. The number of ketones is 1. The molecule has 0 saturated carbocycles. The van der Waals surface area contributed by atoms with E-state index >= 15 is 0 Å². The topological polar surface area (TPSA) is 83.6 Å². The first-order valence-electron chi connectivity index (χ1n) is 7.75. The maximum atomic E-state index is 13.0. The largest absolute Gasteiger partial charge is 0.325 e. The van der Waals surface area contributed by atoms with Gasteiger partial charge in [-0.1, -0.05) is 24.3 Å². The van der Waals surface area contributed by atoms with Gasteiger partial charge in [0.15, 0.2) is 5.78 Å². The highest BCUT2D eigenvalue weighted by molar-refractivity contribution is 7.88. The molecule has 8 heteroatoms. The lowest BCUT2D eigenvalue weighted by Gasteiger charge is -2.19. The number of nitrogens with one attached hydrogen (secondary N) is 1. The fourth-order valence-electron chi connectivity index (χ4n) is 2.26. The number of benzene rings is 2. The molecule has 0 unspecified atom stereocenters. The molecule has 0 aliphatic rings. The average molecular weight is 378 g/mol. The predicted molar refractivity (Wildman–Crippen MR) is 96.7 cm³/mol. The number of nitrogens with zero attached hydrogens (tertiary/aromatic N) is 1. The van der Waals surface area contributed by atoms with Crippen LogP contribution in [-0.2, 0) is 21.4 Å². The summed E-state index contributed by atoms with van der Waals surface area (Å²) in [6, 6.07) is 11.7. The third kappa shape index (κ3) is 5.75. The van der Waals surface area contributed by atoms with Gasteiger partial charge in [-0.15, -0.1) is 0 Å². The maximum absolute atomic E-state index is 13.0. The summed E-state index contributed by atoms with van der Waals surface area (Å²) < 4.78 is 37.9. The van der Waals surface area contributed by atoms with Gasteiger partial charge in [-0.05, 0) is 36.8 Å². The summed E-state index contributed by atoms with van der Waals surface area (Å²) in [5, 5.41) is 2.58. The van der Waals surface area contributed by atoms with Crippen LogP contribution in [-0.4, -0.2) is 37.2 Å². The van der Waals surface area contributed by atoms with Crippen molar-refractivity contribution in [1.82, 2.24) is 4.31 Å². The van der Waals surface area contributed by atoms with Gasteiger partial charge in [-0.25, -0.2) is 12.8 Å². The molecule has 0 spiro atoms. The van der Waals surface area contributed by atoms with E-state index < -0.39 is 28.3 Å². The van der Waals surface area contributed by atoms with Crippen LogP contribution in [0.2, 0.25) is 0 Å². The third-order valence-electron chi connectivity index (χ3n) is 3.61. The van der Waals surface area contributed by atoms with E-state index in [0.29, 0.717) is 16.8 Å². The van der Waals surface area contributed by atoms with Gasteiger partial charge in [0.25, 0.3) is 0 Å². The fourth-order valence-corrected chi connectivity index (χ4v) is 3.00. The van der Waals surface area contributed by atoms with Crippen molar-refractivity contribution < 1.29 is 22.4 Å². The number of Topliss-reactive ketones (excluding diaryl/α,β-unsaturated/α-hetero) is 1. The van der Waals surface area contributed by atoms with Gasteiger partial charge < -0.3 is 5.32 Å². The number of amides is 1. The van der Waals surface area contributed by atoms with Crippen LogP contribution in [0.15, 0.2) is 48.5 Å². The van der Waals surface area contributed by atoms with Crippen molar-refractivity contribution >= 4 is 27.4 Å². The van der Waals surface area contributed by atoms with Crippen molar-refractivity contribution in [1.29, 1.82) is 0 Å². The molecule has 0 fully saturated rings. The molecule has 0 atom stereocenters. The smallest absolute Gasteiger partial charge is 0.239 e. The Balaban J connectivity index is 2.10. The van der Waals surface area contributed by atoms with Gasteiger partial charge in [-0.2, -0.15) is 4.31 Å². The molecule has 1 N–H and O–H groups in total. The Labute approximate surface area is 151 Å². The van der Waals surface area contributed by atoms with Crippen LogP contribution in [0.1, 0.15) is 22.8 Å². The normalized spacial score (nSPS) is 11.4. The fraction of sp³-hybridized carbons (Fsp3) is 0.222. The number of carbonyl (C=O) groups excluding carboxylic acids is 2. The minimum atomic E-state index is -3.66. The Morgan fingerprint density at radius 1 is 1.12 bits per heavy atom. The van der Waals surface area contributed by atoms with Crippen LogP contribution in [0, 0.1) is 5.82 Å². The Kier molecular flexibility index (Phi) is 6.23. The van der Waals surface area contributed by atoms with Gasteiger partial charge in [-0.3, -0.25) is 9.59 Å². The second kappa shape index (κ2) is 8.20. The number of hydrogen-bond acceptors (Lipinski definition) is 4. The molecular formula is C18H19FN2O4S. The Bertz CT molecular complexity index is 911. The van der Waals surface area contributed by atoms with Crippen molar-refractivity contribution in [2.45, 2.75) is 13.5 Å². The van der Waals surface area contributed by atoms with Gasteiger partial charge >= 0.3 is 0 Å². The zero-order chi connectivity index (χ0) is 19.3. The quantitative estimate of drug-likeness (QED) is 0.750. The molecule has 1 amide bonds. The van der Waals surface area contributed by atoms with Crippen LogP contribution in [0.5, 0.6) is 0 Å². The minimum Gasteiger partial charge on any atom is -0.325 e. The Morgan fingerprint density at radius 2 is 1.77 bits per heavy atom. The van der Waals surface area contributed by atoms with E-state index in [2.05, 4.69) is 5.32 Å². The van der Waals surface area contributed by atoms with E-state index in [4.69, 9.17) is 0 Å². The highest BCUT2D eigenvalue weighted by Crippen LogP contribution is 2.13. The van der Waals surface area contributed by atoms with E-state index in [9.17, 15) is 22.4 Å². The molecule has 138 valence electrons. The molecule has 26 heavy (non-hydrogen) atoms. The summed E-state index contributed by atoms with van der Waals surface area (Å²) in [4.78, 5) is 23.6. The minimum absolute atomic E-state index is 0.0555. The molecular weight excluding hydrogens is 359 g/mol. The van der Waals surface area contributed by atoms with Gasteiger partial charge in [0, 0.05) is 17.8 Å². The van der Waals surface area contributed by atoms with Gasteiger partial charge in [0.1, 0.15) is 5.82 Å². The average Bonchev–Trinajstić information content (AvgIpc) is 2.55. The summed E-state index contributed by atoms with van der Waals surface area (Å²) in [5.74, 6) is -1.11. The monoisotopic (exact) mass is 378 g/mol. The number of rotatable bonds is 7. The molecule has 0 radical (unpaired) electrons. The van der Waals surface area contributed by atoms with Crippen molar-refractivity contribution in [2.24, 2.45) is 0 Å². The second-order valence-corrected chi connectivity index (χ2v) is 7.83. The first kappa shape index (κ1) is 19.7. The zero-order valence-corrected chi connectivity index (χ0v) is 15.2. The molecule has 0 saturated heterocycles. The number of sulfonamides is 1. The molecule has 0 aliphatic carbocycles. The molecule has 2 aromatic carbocycles.